The lowest BCUT2D eigenvalue weighted by Crippen LogP contribution is -2.31. The van der Waals surface area contributed by atoms with Gasteiger partial charge in [0.2, 0.25) is 0 Å². The zero-order valence-electron chi connectivity index (χ0n) is 7.50. The van der Waals surface area contributed by atoms with Crippen molar-refractivity contribution in [2.45, 2.75) is 19.3 Å². The van der Waals surface area contributed by atoms with Gasteiger partial charge in [-0.1, -0.05) is 24.3 Å². The molecule has 0 spiro atoms. The number of rotatable bonds is 1. The maximum Gasteiger partial charge on any atom is -0.00461 e. The molecule has 1 atom stereocenters. The standard InChI is InChI=1S/C11H17N/c1-2-4-10(5-3-1)11-6-8-12-9-7-11/h1-4,10-12H,5-9H2/t10-/m1/s1. The third kappa shape index (κ3) is 1.78. The van der Waals surface area contributed by atoms with E-state index in [4.69, 9.17) is 0 Å². The molecular weight excluding hydrogens is 146 g/mol. The minimum absolute atomic E-state index is 0.831. The van der Waals surface area contributed by atoms with Crippen LogP contribution in [0.3, 0.4) is 0 Å². The molecule has 0 aromatic heterocycles. The van der Waals surface area contributed by atoms with Crippen LogP contribution in [0, 0.1) is 11.8 Å². The Hall–Kier alpha value is -0.560. The first-order valence-electron chi connectivity index (χ1n) is 5.01. The SMILES string of the molecule is C1=CC[C@H](C2CCNCC2)C=C1. The second kappa shape index (κ2) is 3.90. The summed E-state index contributed by atoms with van der Waals surface area (Å²) >= 11 is 0. The summed E-state index contributed by atoms with van der Waals surface area (Å²) in [5.74, 6) is 1.77. The molecular formula is C11H17N. The molecule has 66 valence electrons. The van der Waals surface area contributed by atoms with Crippen LogP contribution in [0.15, 0.2) is 24.3 Å². The summed E-state index contributed by atoms with van der Waals surface area (Å²) in [6.45, 7) is 2.44. The highest BCUT2D eigenvalue weighted by molar-refractivity contribution is 5.11. The maximum absolute atomic E-state index is 3.41. The van der Waals surface area contributed by atoms with Gasteiger partial charge in [-0.15, -0.1) is 0 Å². The molecule has 0 saturated carbocycles. The van der Waals surface area contributed by atoms with E-state index in [-0.39, 0.29) is 0 Å². The van der Waals surface area contributed by atoms with Crippen LogP contribution in [0.25, 0.3) is 0 Å². The van der Waals surface area contributed by atoms with Gasteiger partial charge >= 0.3 is 0 Å². The molecule has 1 nitrogen and oxygen atoms in total. The Labute approximate surface area is 74.5 Å². The summed E-state index contributed by atoms with van der Waals surface area (Å²) in [6.07, 6.45) is 13.0. The van der Waals surface area contributed by atoms with E-state index in [0.29, 0.717) is 0 Å². The normalized spacial score (nSPS) is 30.8. The van der Waals surface area contributed by atoms with Crippen LogP contribution in [0.5, 0.6) is 0 Å². The monoisotopic (exact) mass is 163 g/mol. The van der Waals surface area contributed by atoms with Gasteiger partial charge in [0.25, 0.3) is 0 Å². The lowest BCUT2D eigenvalue weighted by atomic mass is 9.81. The number of piperidine rings is 1. The lowest BCUT2D eigenvalue weighted by molar-refractivity contribution is 0.299. The molecule has 1 aliphatic heterocycles. The predicted octanol–water partition coefficient (Wildman–Crippen LogP) is 2.12. The molecule has 1 fully saturated rings. The number of nitrogens with one attached hydrogen (secondary N) is 1. The lowest BCUT2D eigenvalue weighted by Gasteiger charge is -2.29. The van der Waals surface area contributed by atoms with E-state index in [1.807, 2.05) is 0 Å². The third-order valence-corrected chi connectivity index (χ3v) is 3.00. The van der Waals surface area contributed by atoms with Gasteiger partial charge in [0.1, 0.15) is 0 Å². The number of hydrogen-bond acceptors (Lipinski definition) is 1. The van der Waals surface area contributed by atoms with Gasteiger partial charge in [-0.05, 0) is 44.2 Å². The molecule has 1 heteroatoms. The molecule has 2 aliphatic rings. The van der Waals surface area contributed by atoms with Crippen molar-refractivity contribution in [2.75, 3.05) is 13.1 Å². The molecule has 0 radical (unpaired) electrons. The Bertz CT molecular complexity index is 187. The average Bonchev–Trinajstić information content (AvgIpc) is 2.21. The van der Waals surface area contributed by atoms with E-state index < -0.39 is 0 Å². The summed E-state index contributed by atoms with van der Waals surface area (Å²) in [4.78, 5) is 0. The van der Waals surface area contributed by atoms with Gasteiger partial charge in [-0.25, -0.2) is 0 Å². The van der Waals surface area contributed by atoms with E-state index in [1.165, 1.54) is 32.4 Å². The Balaban J connectivity index is 1.90. The molecule has 1 heterocycles. The third-order valence-electron chi connectivity index (χ3n) is 3.00. The molecule has 0 aromatic rings. The van der Waals surface area contributed by atoms with E-state index in [0.717, 1.165) is 11.8 Å². The van der Waals surface area contributed by atoms with Crippen molar-refractivity contribution in [1.29, 1.82) is 0 Å². The van der Waals surface area contributed by atoms with Crippen LogP contribution < -0.4 is 5.32 Å². The Morgan fingerprint density at radius 1 is 1.08 bits per heavy atom. The van der Waals surface area contributed by atoms with Crippen molar-refractivity contribution < 1.29 is 0 Å². The molecule has 1 saturated heterocycles. The quantitative estimate of drug-likeness (QED) is 0.624. The van der Waals surface area contributed by atoms with Gasteiger partial charge < -0.3 is 5.32 Å². The highest BCUT2D eigenvalue weighted by Gasteiger charge is 2.20. The highest BCUT2D eigenvalue weighted by atomic mass is 14.9. The van der Waals surface area contributed by atoms with Gasteiger partial charge in [-0.3, -0.25) is 0 Å². The van der Waals surface area contributed by atoms with Crippen molar-refractivity contribution in [3.63, 3.8) is 0 Å². The zero-order chi connectivity index (χ0) is 8.23. The maximum atomic E-state index is 3.41. The van der Waals surface area contributed by atoms with E-state index >= 15 is 0 Å². The van der Waals surface area contributed by atoms with Crippen LogP contribution in [0.4, 0.5) is 0 Å². The van der Waals surface area contributed by atoms with Crippen molar-refractivity contribution >= 4 is 0 Å². The van der Waals surface area contributed by atoms with Gasteiger partial charge in [0.15, 0.2) is 0 Å². The summed E-state index contributed by atoms with van der Waals surface area (Å²) < 4.78 is 0. The summed E-state index contributed by atoms with van der Waals surface area (Å²) in [6, 6.07) is 0. The van der Waals surface area contributed by atoms with Gasteiger partial charge in [0.05, 0.1) is 0 Å². The van der Waals surface area contributed by atoms with Crippen LogP contribution >= 0.6 is 0 Å². The summed E-state index contributed by atoms with van der Waals surface area (Å²) in [5.41, 5.74) is 0. The van der Waals surface area contributed by atoms with Gasteiger partial charge in [-0.2, -0.15) is 0 Å². The second-order valence-corrected chi connectivity index (χ2v) is 3.80. The summed E-state index contributed by atoms with van der Waals surface area (Å²) in [5, 5.41) is 3.41. The van der Waals surface area contributed by atoms with Gasteiger partial charge in [0, 0.05) is 0 Å². The Morgan fingerprint density at radius 2 is 1.92 bits per heavy atom. The Kier molecular flexibility index (Phi) is 2.62. The van der Waals surface area contributed by atoms with Crippen molar-refractivity contribution in [3.8, 4) is 0 Å². The first kappa shape index (κ1) is 8.06. The zero-order valence-corrected chi connectivity index (χ0v) is 7.50. The fourth-order valence-electron chi connectivity index (χ4n) is 2.22. The van der Waals surface area contributed by atoms with Crippen molar-refractivity contribution in [2.24, 2.45) is 11.8 Å². The summed E-state index contributed by atoms with van der Waals surface area (Å²) in [7, 11) is 0. The molecule has 1 N–H and O–H groups in total. The van der Waals surface area contributed by atoms with Crippen LogP contribution in [0.2, 0.25) is 0 Å². The topological polar surface area (TPSA) is 12.0 Å². The minimum atomic E-state index is 0.831. The fourth-order valence-corrected chi connectivity index (χ4v) is 2.22. The molecule has 12 heavy (non-hydrogen) atoms. The number of allylic oxidation sites excluding steroid dienone is 4. The second-order valence-electron chi connectivity index (χ2n) is 3.80. The average molecular weight is 163 g/mol. The molecule has 0 unspecified atom stereocenters. The Morgan fingerprint density at radius 3 is 2.58 bits per heavy atom. The molecule has 0 aromatic carbocycles. The predicted molar refractivity (Wildman–Crippen MR) is 52.0 cm³/mol. The largest absolute Gasteiger partial charge is 0.317 e. The van der Waals surface area contributed by atoms with Crippen LogP contribution in [0.1, 0.15) is 19.3 Å². The number of hydrogen-bond donors (Lipinski definition) is 1. The molecule has 0 amide bonds. The molecule has 0 bridgehead atoms. The first-order valence-corrected chi connectivity index (χ1v) is 5.01. The van der Waals surface area contributed by atoms with Crippen LogP contribution in [-0.4, -0.2) is 13.1 Å². The van der Waals surface area contributed by atoms with Crippen LogP contribution in [-0.2, 0) is 0 Å². The smallest absolute Gasteiger partial charge is 0.00461 e. The highest BCUT2D eigenvalue weighted by Crippen LogP contribution is 2.27. The van der Waals surface area contributed by atoms with Crippen molar-refractivity contribution in [3.05, 3.63) is 24.3 Å². The molecule has 1 aliphatic carbocycles. The minimum Gasteiger partial charge on any atom is -0.317 e. The van der Waals surface area contributed by atoms with E-state index in [9.17, 15) is 0 Å². The van der Waals surface area contributed by atoms with Crippen molar-refractivity contribution in [1.82, 2.24) is 5.32 Å². The van der Waals surface area contributed by atoms with E-state index in [1.54, 1.807) is 0 Å². The van der Waals surface area contributed by atoms with E-state index in [2.05, 4.69) is 29.6 Å². The fraction of sp³-hybridized carbons (Fsp3) is 0.636. The first-order chi connectivity index (χ1) is 5.97. The molecule has 2 rings (SSSR count).